The topological polar surface area (TPSA) is 62.2 Å². The van der Waals surface area contributed by atoms with Crippen LogP contribution in [-0.4, -0.2) is 22.1 Å². The molecule has 1 aliphatic rings. The molecule has 1 aliphatic carbocycles. The summed E-state index contributed by atoms with van der Waals surface area (Å²) in [7, 11) is 0. The third-order valence-electron chi connectivity index (χ3n) is 3.20. The van der Waals surface area contributed by atoms with Gasteiger partial charge in [0.2, 0.25) is 0 Å². The minimum absolute atomic E-state index is 0.171. The van der Waals surface area contributed by atoms with Crippen LogP contribution in [-0.2, 0) is 5.41 Å². The van der Waals surface area contributed by atoms with Crippen molar-refractivity contribution in [1.29, 1.82) is 0 Å². The third kappa shape index (κ3) is 3.34. The first kappa shape index (κ1) is 13.6. The van der Waals surface area contributed by atoms with Crippen molar-refractivity contribution in [2.24, 2.45) is 0 Å². The summed E-state index contributed by atoms with van der Waals surface area (Å²) in [5.41, 5.74) is 0.907. The van der Waals surface area contributed by atoms with Crippen LogP contribution in [0.4, 0.5) is 5.82 Å². The Morgan fingerprint density at radius 3 is 2.47 bits per heavy atom. The van der Waals surface area contributed by atoms with Crippen molar-refractivity contribution in [2.75, 3.05) is 5.32 Å². The number of aromatic carboxylic acids is 1. The number of nitrogens with one attached hydrogen (secondary N) is 1. The highest BCUT2D eigenvalue weighted by atomic mass is 16.4. The molecule has 4 nitrogen and oxygen atoms in total. The molecule has 0 saturated heterocycles. The first-order valence-electron chi connectivity index (χ1n) is 6.53. The van der Waals surface area contributed by atoms with Crippen LogP contribution in [0.25, 0.3) is 0 Å². The fourth-order valence-corrected chi connectivity index (χ4v) is 2.06. The lowest BCUT2D eigenvalue weighted by Gasteiger charge is -2.21. The molecule has 2 N–H and O–H groups in total. The van der Waals surface area contributed by atoms with E-state index >= 15 is 0 Å². The van der Waals surface area contributed by atoms with E-state index in [2.05, 4.69) is 22.5 Å². The minimum Gasteiger partial charge on any atom is -0.478 e. The highest BCUT2D eigenvalue weighted by Crippen LogP contribution is 2.24. The molecule has 1 aromatic heterocycles. The van der Waals surface area contributed by atoms with Crippen molar-refractivity contribution in [3.8, 4) is 0 Å². The van der Waals surface area contributed by atoms with E-state index in [1.165, 1.54) is 0 Å². The highest BCUT2D eigenvalue weighted by Gasteiger charge is 2.20. The zero-order valence-electron chi connectivity index (χ0n) is 11.6. The molecule has 102 valence electrons. The van der Waals surface area contributed by atoms with Gasteiger partial charge in [0.15, 0.2) is 0 Å². The van der Waals surface area contributed by atoms with Crippen LogP contribution >= 0.6 is 0 Å². The SMILES string of the molecule is CC(C)(C)c1cc(C(=O)O)cc(NC2CC=CC2)n1. The van der Waals surface area contributed by atoms with Gasteiger partial charge in [-0.05, 0) is 25.0 Å². The highest BCUT2D eigenvalue weighted by molar-refractivity contribution is 5.88. The van der Waals surface area contributed by atoms with Crippen LogP contribution in [0, 0.1) is 0 Å². The summed E-state index contributed by atoms with van der Waals surface area (Å²) in [4.78, 5) is 15.7. The molecule has 0 saturated carbocycles. The largest absolute Gasteiger partial charge is 0.478 e. The quantitative estimate of drug-likeness (QED) is 0.819. The fourth-order valence-electron chi connectivity index (χ4n) is 2.06. The number of pyridine rings is 1. The molecule has 0 aliphatic heterocycles. The van der Waals surface area contributed by atoms with E-state index in [1.807, 2.05) is 20.8 Å². The van der Waals surface area contributed by atoms with E-state index in [-0.39, 0.29) is 11.0 Å². The fraction of sp³-hybridized carbons (Fsp3) is 0.467. The number of hydrogen-bond donors (Lipinski definition) is 2. The van der Waals surface area contributed by atoms with Gasteiger partial charge in [-0.15, -0.1) is 0 Å². The summed E-state index contributed by atoms with van der Waals surface area (Å²) < 4.78 is 0. The Hall–Kier alpha value is -1.84. The first-order valence-corrected chi connectivity index (χ1v) is 6.53. The van der Waals surface area contributed by atoms with Crippen LogP contribution in [0.15, 0.2) is 24.3 Å². The average molecular weight is 260 g/mol. The van der Waals surface area contributed by atoms with Crippen LogP contribution in [0.1, 0.15) is 49.7 Å². The number of hydrogen-bond acceptors (Lipinski definition) is 3. The smallest absolute Gasteiger partial charge is 0.335 e. The molecule has 0 fully saturated rings. The van der Waals surface area contributed by atoms with E-state index in [9.17, 15) is 9.90 Å². The number of carbonyl (C=O) groups is 1. The first-order chi connectivity index (χ1) is 8.86. The molecular formula is C15H20N2O2. The van der Waals surface area contributed by atoms with Gasteiger partial charge in [0.05, 0.1) is 5.56 Å². The predicted octanol–water partition coefficient (Wildman–Crippen LogP) is 3.21. The summed E-state index contributed by atoms with van der Waals surface area (Å²) in [6.45, 7) is 6.09. The second-order valence-corrected chi connectivity index (χ2v) is 5.97. The minimum atomic E-state index is -0.916. The Bertz CT molecular complexity index is 507. The molecule has 0 aromatic carbocycles. The zero-order chi connectivity index (χ0) is 14.0. The van der Waals surface area contributed by atoms with Crippen molar-refractivity contribution >= 4 is 11.8 Å². The van der Waals surface area contributed by atoms with Gasteiger partial charge in [-0.1, -0.05) is 32.9 Å². The summed E-state index contributed by atoms with van der Waals surface area (Å²) in [5.74, 6) is -0.265. The molecular weight excluding hydrogens is 240 g/mol. The normalized spacial score (nSPS) is 15.7. The average Bonchev–Trinajstić information content (AvgIpc) is 2.80. The molecule has 0 amide bonds. The molecule has 19 heavy (non-hydrogen) atoms. The van der Waals surface area contributed by atoms with Gasteiger partial charge in [0, 0.05) is 17.2 Å². The lowest BCUT2D eigenvalue weighted by molar-refractivity contribution is 0.0696. The van der Waals surface area contributed by atoms with Crippen molar-refractivity contribution in [2.45, 2.75) is 45.1 Å². The van der Waals surface area contributed by atoms with Gasteiger partial charge in [0.1, 0.15) is 5.82 Å². The molecule has 1 aromatic rings. The van der Waals surface area contributed by atoms with E-state index in [1.54, 1.807) is 12.1 Å². The van der Waals surface area contributed by atoms with Gasteiger partial charge in [-0.3, -0.25) is 0 Å². The molecule has 0 atom stereocenters. The number of carboxylic acid groups (broad SMARTS) is 1. The Morgan fingerprint density at radius 1 is 1.32 bits per heavy atom. The number of aromatic nitrogens is 1. The molecule has 0 unspecified atom stereocenters. The van der Waals surface area contributed by atoms with Crippen LogP contribution in [0.5, 0.6) is 0 Å². The maximum atomic E-state index is 11.2. The lowest BCUT2D eigenvalue weighted by Crippen LogP contribution is -2.20. The van der Waals surface area contributed by atoms with Gasteiger partial charge < -0.3 is 10.4 Å². The van der Waals surface area contributed by atoms with Crippen molar-refractivity contribution < 1.29 is 9.90 Å². The maximum absolute atomic E-state index is 11.2. The van der Waals surface area contributed by atoms with Crippen molar-refractivity contribution in [3.63, 3.8) is 0 Å². The summed E-state index contributed by atoms with van der Waals surface area (Å²) in [6.07, 6.45) is 6.18. The van der Waals surface area contributed by atoms with Gasteiger partial charge in [0.25, 0.3) is 0 Å². The number of anilines is 1. The van der Waals surface area contributed by atoms with Gasteiger partial charge in [-0.25, -0.2) is 9.78 Å². The summed E-state index contributed by atoms with van der Waals surface area (Å²) >= 11 is 0. The number of nitrogens with zero attached hydrogens (tertiary/aromatic N) is 1. The van der Waals surface area contributed by atoms with Gasteiger partial charge in [-0.2, -0.15) is 0 Å². The molecule has 1 heterocycles. The van der Waals surface area contributed by atoms with E-state index in [0.29, 0.717) is 11.9 Å². The van der Waals surface area contributed by atoms with Crippen LogP contribution in [0.2, 0.25) is 0 Å². The monoisotopic (exact) mass is 260 g/mol. The Kier molecular flexibility index (Phi) is 3.60. The molecule has 4 heteroatoms. The number of carboxylic acids is 1. The predicted molar refractivity (Wildman–Crippen MR) is 75.7 cm³/mol. The Morgan fingerprint density at radius 2 is 1.95 bits per heavy atom. The Labute approximate surface area is 113 Å². The molecule has 2 rings (SSSR count). The third-order valence-corrected chi connectivity index (χ3v) is 3.20. The molecule has 0 bridgehead atoms. The molecule has 0 spiro atoms. The van der Waals surface area contributed by atoms with E-state index < -0.39 is 5.97 Å². The lowest BCUT2D eigenvalue weighted by atomic mass is 9.90. The zero-order valence-corrected chi connectivity index (χ0v) is 11.6. The van der Waals surface area contributed by atoms with E-state index in [4.69, 9.17) is 0 Å². The van der Waals surface area contributed by atoms with Crippen LogP contribution < -0.4 is 5.32 Å². The van der Waals surface area contributed by atoms with E-state index in [0.717, 1.165) is 18.5 Å². The number of rotatable bonds is 3. The van der Waals surface area contributed by atoms with Gasteiger partial charge >= 0.3 is 5.97 Å². The molecule has 0 radical (unpaired) electrons. The summed E-state index contributed by atoms with van der Waals surface area (Å²) in [6, 6.07) is 3.58. The second kappa shape index (κ2) is 5.03. The van der Waals surface area contributed by atoms with Crippen LogP contribution in [0.3, 0.4) is 0 Å². The Balaban J connectivity index is 2.31. The van der Waals surface area contributed by atoms with Crippen molar-refractivity contribution in [3.05, 3.63) is 35.5 Å². The second-order valence-electron chi connectivity index (χ2n) is 5.97. The maximum Gasteiger partial charge on any atom is 0.335 e. The summed E-state index contributed by atoms with van der Waals surface area (Å²) in [5, 5.41) is 12.5. The standard InChI is InChI=1S/C15H20N2O2/c1-15(2,3)12-8-10(14(18)19)9-13(17-12)16-11-6-4-5-7-11/h4-5,8-9,11H,6-7H2,1-3H3,(H,16,17)(H,18,19). The van der Waals surface area contributed by atoms with Crippen molar-refractivity contribution in [1.82, 2.24) is 4.98 Å².